The summed E-state index contributed by atoms with van der Waals surface area (Å²) in [5.74, 6) is 0. The van der Waals surface area contributed by atoms with Gasteiger partial charge in [-0.1, -0.05) is 206 Å². The highest BCUT2D eigenvalue weighted by atomic mass is 15.1. The van der Waals surface area contributed by atoms with Crippen molar-refractivity contribution >= 4 is 80.0 Å². The highest BCUT2D eigenvalue weighted by Gasteiger charge is 2.22. The molecule has 0 radical (unpaired) electrons. The Labute approximate surface area is 399 Å². The molecule has 0 saturated heterocycles. The van der Waals surface area contributed by atoms with E-state index >= 15 is 0 Å². The number of rotatable bonds is 12. The van der Waals surface area contributed by atoms with Gasteiger partial charge in [-0.15, -0.1) is 0 Å². The summed E-state index contributed by atoms with van der Waals surface area (Å²) in [6, 6.07) is 95.9. The molecule has 0 bridgehead atoms. The summed E-state index contributed by atoms with van der Waals surface area (Å²) in [6.45, 7) is 0. The van der Waals surface area contributed by atoms with Gasteiger partial charge < -0.3 is 9.80 Å². The molecule has 11 aromatic carbocycles. The molecule has 0 unspecified atom stereocenters. The van der Waals surface area contributed by atoms with Crippen LogP contribution >= 0.6 is 0 Å². The number of para-hydroxylation sites is 4. The van der Waals surface area contributed by atoms with Gasteiger partial charge in [0.1, 0.15) is 0 Å². The first-order chi connectivity index (χ1) is 33.7. The lowest BCUT2D eigenvalue weighted by Crippen LogP contribution is -2.10. The maximum atomic E-state index is 2.41. The molecule has 0 fully saturated rings. The van der Waals surface area contributed by atoms with Crippen molar-refractivity contribution in [3.8, 4) is 22.3 Å². The maximum Gasteiger partial charge on any atom is 0.0468 e. The second kappa shape index (κ2) is 19.2. The lowest BCUT2D eigenvalue weighted by atomic mass is 9.84. The van der Waals surface area contributed by atoms with Crippen LogP contribution in [-0.4, -0.2) is 0 Å². The van der Waals surface area contributed by atoms with E-state index in [0.29, 0.717) is 0 Å². The van der Waals surface area contributed by atoms with E-state index in [1.165, 1.54) is 43.8 Å². The van der Waals surface area contributed by atoms with Crippen LogP contribution in [0.3, 0.4) is 0 Å². The Bertz CT molecular complexity index is 3210. The van der Waals surface area contributed by atoms with Gasteiger partial charge in [-0.05, 0) is 151 Å². The molecule has 11 aromatic rings. The fraction of sp³-hybridized carbons (Fsp3) is 0. The summed E-state index contributed by atoms with van der Waals surface area (Å²) >= 11 is 0. The van der Waals surface area contributed by atoms with Crippen molar-refractivity contribution in [1.82, 2.24) is 0 Å². The molecule has 0 spiro atoms. The number of hydrogen-bond acceptors (Lipinski definition) is 2. The maximum absolute atomic E-state index is 2.41. The van der Waals surface area contributed by atoms with Gasteiger partial charge in [-0.25, -0.2) is 0 Å². The first kappa shape index (κ1) is 41.7. The SMILES string of the molecule is C(=C\c1cccc(-c2c3ccc(N(c4ccccc4)c4ccccc4)cc3c(-c3cccc(/C=C/c4ccccc4)c3)c3ccc(N(c4ccccc4)c4ccccc4)cc23)c1)/c1ccccc1. The van der Waals surface area contributed by atoms with Crippen LogP contribution in [0.1, 0.15) is 22.3 Å². The third kappa shape index (κ3) is 8.75. The van der Waals surface area contributed by atoms with E-state index in [0.717, 1.165) is 56.4 Å². The molecule has 0 aliphatic heterocycles. The van der Waals surface area contributed by atoms with E-state index in [4.69, 9.17) is 0 Å². The largest absolute Gasteiger partial charge is 0.310 e. The van der Waals surface area contributed by atoms with Crippen LogP contribution in [0, 0.1) is 0 Å². The summed E-state index contributed by atoms with van der Waals surface area (Å²) in [4.78, 5) is 4.73. The Kier molecular flexibility index (Phi) is 11.8. The van der Waals surface area contributed by atoms with Gasteiger partial charge in [-0.3, -0.25) is 0 Å². The smallest absolute Gasteiger partial charge is 0.0468 e. The quantitative estimate of drug-likeness (QED) is 0.0892. The zero-order valence-electron chi connectivity index (χ0n) is 37.6. The molecule has 68 heavy (non-hydrogen) atoms. The van der Waals surface area contributed by atoms with Crippen molar-refractivity contribution in [2.45, 2.75) is 0 Å². The molecule has 0 amide bonds. The molecule has 322 valence electrons. The molecular formula is C66H48N2. The summed E-state index contributed by atoms with van der Waals surface area (Å²) in [6.07, 6.45) is 8.84. The minimum atomic E-state index is 1.08. The van der Waals surface area contributed by atoms with Gasteiger partial charge in [0, 0.05) is 34.1 Å². The van der Waals surface area contributed by atoms with E-state index in [1.807, 2.05) is 0 Å². The monoisotopic (exact) mass is 868 g/mol. The molecule has 11 rings (SSSR count). The van der Waals surface area contributed by atoms with Crippen LogP contribution < -0.4 is 9.80 Å². The van der Waals surface area contributed by atoms with Gasteiger partial charge in [0.25, 0.3) is 0 Å². The molecule has 0 aliphatic rings. The minimum Gasteiger partial charge on any atom is -0.310 e. The number of nitrogens with zero attached hydrogens (tertiary/aromatic N) is 2. The van der Waals surface area contributed by atoms with Crippen LogP contribution in [0.5, 0.6) is 0 Å². The standard InChI is InChI=1S/C66H48N2/c1-7-21-49(22-8-1)37-39-51-25-19-27-53(45-51)65-61-43-41-60(68(57-33-15-5-16-34-57)58-35-17-6-18-36-58)48-64(61)66(54-28-20-26-52(46-54)40-38-50-23-9-2-10-24-50)62-44-42-59(47-63(62)65)67(55-29-11-3-12-30-55)56-31-13-4-14-32-56/h1-48H/b39-37+,40-38+. The molecule has 0 N–H and O–H groups in total. The average molecular weight is 869 g/mol. The Morgan fingerprint density at radius 1 is 0.206 bits per heavy atom. The molecule has 0 aliphatic carbocycles. The van der Waals surface area contributed by atoms with Crippen LogP contribution in [0.2, 0.25) is 0 Å². The van der Waals surface area contributed by atoms with Crippen molar-refractivity contribution in [1.29, 1.82) is 0 Å². The predicted molar refractivity (Wildman–Crippen MR) is 292 cm³/mol. The Hall–Kier alpha value is -8.98. The first-order valence-electron chi connectivity index (χ1n) is 23.2. The second-order valence-corrected chi connectivity index (χ2v) is 17.0. The fourth-order valence-electron chi connectivity index (χ4n) is 9.42. The van der Waals surface area contributed by atoms with E-state index in [-0.39, 0.29) is 0 Å². The summed E-state index contributed by atoms with van der Waals surface area (Å²) in [5.41, 5.74) is 15.8. The molecular weight excluding hydrogens is 821 g/mol. The van der Waals surface area contributed by atoms with Gasteiger partial charge in [0.05, 0.1) is 0 Å². The molecule has 2 heteroatoms. The van der Waals surface area contributed by atoms with E-state index < -0.39 is 0 Å². The van der Waals surface area contributed by atoms with Crippen LogP contribution in [0.15, 0.2) is 267 Å². The molecule has 0 aromatic heterocycles. The number of anilines is 6. The summed E-state index contributed by atoms with van der Waals surface area (Å²) in [7, 11) is 0. The van der Waals surface area contributed by atoms with Crippen molar-refractivity contribution in [3.63, 3.8) is 0 Å². The zero-order valence-corrected chi connectivity index (χ0v) is 37.6. The van der Waals surface area contributed by atoms with E-state index in [1.54, 1.807) is 0 Å². The Morgan fingerprint density at radius 2 is 0.500 bits per heavy atom. The lowest BCUT2D eigenvalue weighted by Gasteiger charge is -2.28. The fourth-order valence-corrected chi connectivity index (χ4v) is 9.42. The Balaban J connectivity index is 1.21. The van der Waals surface area contributed by atoms with Crippen LogP contribution in [-0.2, 0) is 0 Å². The van der Waals surface area contributed by atoms with Gasteiger partial charge in [-0.2, -0.15) is 0 Å². The zero-order chi connectivity index (χ0) is 45.5. The molecule has 0 atom stereocenters. The summed E-state index contributed by atoms with van der Waals surface area (Å²) in [5, 5.41) is 4.70. The normalized spacial score (nSPS) is 11.4. The molecule has 0 saturated carbocycles. The van der Waals surface area contributed by atoms with E-state index in [9.17, 15) is 0 Å². The summed E-state index contributed by atoms with van der Waals surface area (Å²) < 4.78 is 0. The first-order valence-corrected chi connectivity index (χ1v) is 23.2. The third-order valence-corrected chi connectivity index (χ3v) is 12.5. The third-order valence-electron chi connectivity index (χ3n) is 12.5. The van der Waals surface area contributed by atoms with Gasteiger partial charge in [0.15, 0.2) is 0 Å². The number of fused-ring (bicyclic) bond motifs is 2. The van der Waals surface area contributed by atoms with Crippen molar-refractivity contribution in [2.75, 3.05) is 9.80 Å². The second-order valence-electron chi connectivity index (χ2n) is 17.0. The highest BCUT2D eigenvalue weighted by Crippen LogP contribution is 2.48. The molecule has 0 heterocycles. The van der Waals surface area contributed by atoms with Crippen LogP contribution in [0.25, 0.3) is 68.1 Å². The highest BCUT2D eigenvalue weighted by molar-refractivity contribution is 6.23. The van der Waals surface area contributed by atoms with Crippen LogP contribution in [0.4, 0.5) is 34.1 Å². The number of benzene rings is 11. The van der Waals surface area contributed by atoms with E-state index in [2.05, 4.69) is 301 Å². The van der Waals surface area contributed by atoms with Crippen molar-refractivity contribution in [3.05, 3.63) is 289 Å². The average Bonchev–Trinajstić information content (AvgIpc) is 3.41. The van der Waals surface area contributed by atoms with Gasteiger partial charge in [0.2, 0.25) is 0 Å². The number of hydrogen-bond donors (Lipinski definition) is 0. The minimum absolute atomic E-state index is 1.08. The lowest BCUT2D eigenvalue weighted by molar-refractivity contribution is 1.29. The molecule has 2 nitrogen and oxygen atoms in total. The van der Waals surface area contributed by atoms with Crippen molar-refractivity contribution in [2.24, 2.45) is 0 Å². The topological polar surface area (TPSA) is 6.48 Å². The van der Waals surface area contributed by atoms with Gasteiger partial charge >= 0.3 is 0 Å². The van der Waals surface area contributed by atoms with Crippen molar-refractivity contribution < 1.29 is 0 Å². The Morgan fingerprint density at radius 3 is 0.838 bits per heavy atom. The predicted octanol–water partition coefficient (Wildman–Crippen LogP) is 18.6.